The fourth-order valence-corrected chi connectivity index (χ4v) is 3.22. The molecule has 0 unspecified atom stereocenters. The van der Waals surface area contributed by atoms with E-state index in [1.165, 1.54) is 0 Å². The normalized spacial score (nSPS) is 11.3. The summed E-state index contributed by atoms with van der Waals surface area (Å²) in [6.07, 6.45) is 0.270. The van der Waals surface area contributed by atoms with Crippen LogP contribution in [0, 0.1) is 6.92 Å². The molecule has 0 atom stereocenters. The van der Waals surface area contributed by atoms with Crippen LogP contribution in [0.1, 0.15) is 32.6 Å². The molecule has 0 aliphatic heterocycles. The van der Waals surface area contributed by atoms with E-state index in [4.69, 9.17) is 5.73 Å². The number of carbonyl (C=O) groups excluding carboxylic acids is 1. The van der Waals surface area contributed by atoms with Gasteiger partial charge in [-0.1, -0.05) is 72.8 Å². The second kappa shape index (κ2) is 6.91. The molecular formula is C22H21NO2. The Hall–Kier alpha value is -2.91. The van der Waals surface area contributed by atoms with E-state index < -0.39 is 11.5 Å². The molecule has 126 valence electrons. The van der Waals surface area contributed by atoms with Crippen molar-refractivity contribution in [2.45, 2.75) is 18.9 Å². The summed E-state index contributed by atoms with van der Waals surface area (Å²) in [7, 11) is 0. The second-order valence-electron chi connectivity index (χ2n) is 6.23. The smallest absolute Gasteiger partial charge is 0.248 e. The van der Waals surface area contributed by atoms with Crippen molar-refractivity contribution in [2.75, 3.05) is 0 Å². The maximum absolute atomic E-state index is 11.9. The first-order valence-corrected chi connectivity index (χ1v) is 8.24. The number of nitrogens with two attached hydrogens (primary N) is 1. The number of aliphatic hydroxyl groups is 1. The predicted octanol–water partition coefficient (Wildman–Crippen LogP) is 3.57. The molecule has 3 heteroatoms. The third-order valence-corrected chi connectivity index (χ3v) is 4.61. The number of carbonyl (C=O) groups is 1. The van der Waals surface area contributed by atoms with Gasteiger partial charge in [0.2, 0.25) is 5.91 Å². The molecule has 0 aliphatic carbocycles. The van der Waals surface area contributed by atoms with Crippen LogP contribution in [-0.4, -0.2) is 11.0 Å². The molecule has 0 bridgehead atoms. The van der Waals surface area contributed by atoms with E-state index in [0.29, 0.717) is 5.56 Å². The molecule has 3 N–H and O–H groups in total. The molecule has 3 aromatic rings. The molecule has 25 heavy (non-hydrogen) atoms. The summed E-state index contributed by atoms with van der Waals surface area (Å²) < 4.78 is 0. The quantitative estimate of drug-likeness (QED) is 0.751. The Morgan fingerprint density at radius 3 is 1.88 bits per heavy atom. The van der Waals surface area contributed by atoms with Gasteiger partial charge in [0, 0.05) is 12.0 Å². The molecule has 0 heterocycles. The Morgan fingerprint density at radius 1 is 0.880 bits per heavy atom. The first-order chi connectivity index (χ1) is 12.0. The number of amides is 1. The van der Waals surface area contributed by atoms with Crippen LogP contribution in [0.5, 0.6) is 0 Å². The van der Waals surface area contributed by atoms with Gasteiger partial charge in [0.1, 0.15) is 5.60 Å². The van der Waals surface area contributed by atoms with Crippen LogP contribution in [0.2, 0.25) is 0 Å². The molecule has 0 saturated carbocycles. The molecule has 0 radical (unpaired) electrons. The van der Waals surface area contributed by atoms with Gasteiger partial charge in [-0.25, -0.2) is 0 Å². The van der Waals surface area contributed by atoms with Gasteiger partial charge in [-0.05, 0) is 35.2 Å². The van der Waals surface area contributed by atoms with Crippen LogP contribution in [0.4, 0.5) is 0 Å². The summed E-state index contributed by atoms with van der Waals surface area (Å²) in [5.41, 5.74) is 8.01. The van der Waals surface area contributed by atoms with Gasteiger partial charge in [0.05, 0.1) is 0 Å². The molecule has 1 amide bonds. The van der Waals surface area contributed by atoms with Crippen LogP contribution in [-0.2, 0) is 12.0 Å². The zero-order valence-electron chi connectivity index (χ0n) is 14.1. The van der Waals surface area contributed by atoms with Crippen molar-refractivity contribution in [3.05, 3.63) is 107 Å². The topological polar surface area (TPSA) is 63.3 Å². The number of primary amides is 1. The van der Waals surface area contributed by atoms with Gasteiger partial charge in [-0.3, -0.25) is 4.79 Å². The van der Waals surface area contributed by atoms with Crippen molar-refractivity contribution in [3.8, 4) is 0 Å². The highest BCUT2D eigenvalue weighted by Gasteiger charge is 2.33. The molecule has 3 rings (SSSR count). The van der Waals surface area contributed by atoms with Crippen molar-refractivity contribution >= 4 is 5.91 Å². The lowest BCUT2D eigenvalue weighted by atomic mass is 9.79. The monoisotopic (exact) mass is 331 g/mol. The van der Waals surface area contributed by atoms with Crippen molar-refractivity contribution in [3.63, 3.8) is 0 Å². The van der Waals surface area contributed by atoms with E-state index in [9.17, 15) is 9.90 Å². The van der Waals surface area contributed by atoms with Crippen LogP contribution in [0.15, 0.2) is 78.9 Å². The minimum absolute atomic E-state index is 0.270. The van der Waals surface area contributed by atoms with E-state index >= 15 is 0 Å². The van der Waals surface area contributed by atoms with Crippen LogP contribution in [0.25, 0.3) is 0 Å². The number of hydrogen-bond acceptors (Lipinski definition) is 2. The fourth-order valence-electron chi connectivity index (χ4n) is 3.22. The largest absolute Gasteiger partial charge is 0.380 e. The Balaban J connectivity index is 2.17. The van der Waals surface area contributed by atoms with E-state index in [-0.39, 0.29) is 6.42 Å². The molecule has 0 aliphatic rings. The summed E-state index contributed by atoms with van der Waals surface area (Å²) in [6, 6.07) is 24.5. The van der Waals surface area contributed by atoms with E-state index in [1.54, 1.807) is 6.07 Å². The highest BCUT2D eigenvalue weighted by molar-refractivity contribution is 5.94. The Labute approximate surface area is 147 Å². The van der Waals surface area contributed by atoms with E-state index in [0.717, 1.165) is 22.3 Å². The third-order valence-electron chi connectivity index (χ3n) is 4.61. The molecule has 3 nitrogen and oxygen atoms in total. The average Bonchev–Trinajstić information content (AvgIpc) is 2.64. The number of rotatable bonds is 5. The predicted molar refractivity (Wildman–Crippen MR) is 99.3 cm³/mol. The average molecular weight is 331 g/mol. The van der Waals surface area contributed by atoms with Gasteiger partial charge in [0.25, 0.3) is 0 Å². The highest BCUT2D eigenvalue weighted by atomic mass is 16.3. The van der Waals surface area contributed by atoms with E-state index in [1.807, 2.05) is 79.7 Å². The molecular weight excluding hydrogens is 310 g/mol. The number of benzene rings is 3. The maximum Gasteiger partial charge on any atom is 0.248 e. The summed E-state index contributed by atoms with van der Waals surface area (Å²) in [6.45, 7) is 1.93. The first kappa shape index (κ1) is 16.9. The standard InChI is InChI=1S/C22H21NO2/c1-16-9-8-14-19(21(23)24)20(16)15-22(25,17-10-4-2-5-11-17)18-12-6-3-7-13-18/h2-14,25H,15H2,1H3,(H2,23,24). The van der Waals surface area contributed by atoms with Gasteiger partial charge in [0.15, 0.2) is 0 Å². The van der Waals surface area contributed by atoms with Crippen molar-refractivity contribution in [1.29, 1.82) is 0 Å². The molecule has 0 aromatic heterocycles. The zero-order chi connectivity index (χ0) is 17.9. The van der Waals surface area contributed by atoms with E-state index in [2.05, 4.69) is 0 Å². The summed E-state index contributed by atoms with van der Waals surface area (Å²) in [5.74, 6) is -0.484. The van der Waals surface area contributed by atoms with Gasteiger partial charge in [-0.2, -0.15) is 0 Å². The van der Waals surface area contributed by atoms with Crippen LogP contribution < -0.4 is 5.73 Å². The second-order valence-corrected chi connectivity index (χ2v) is 6.23. The zero-order valence-corrected chi connectivity index (χ0v) is 14.1. The number of hydrogen-bond donors (Lipinski definition) is 2. The Kier molecular flexibility index (Phi) is 4.68. The maximum atomic E-state index is 11.9. The lowest BCUT2D eigenvalue weighted by Gasteiger charge is -2.31. The van der Waals surface area contributed by atoms with Gasteiger partial charge < -0.3 is 10.8 Å². The summed E-state index contributed by atoms with van der Waals surface area (Å²) >= 11 is 0. The third kappa shape index (κ3) is 3.32. The van der Waals surface area contributed by atoms with Crippen molar-refractivity contribution in [1.82, 2.24) is 0 Å². The van der Waals surface area contributed by atoms with Gasteiger partial charge in [-0.15, -0.1) is 0 Å². The molecule has 0 spiro atoms. The number of aryl methyl sites for hydroxylation is 1. The molecule has 0 saturated heterocycles. The first-order valence-electron chi connectivity index (χ1n) is 8.24. The Bertz CT molecular complexity index is 834. The highest BCUT2D eigenvalue weighted by Crippen LogP contribution is 2.35. The molecule has 3 aromatic carbocycles. The summed E-state index contributed by atoms with van der Waals surface area (Å²) in [5, 5.41) is 11.7. The fraction of sp³-hybridized carbons (Fsp3) is 0.136. The lowest BCUT2D eigenvalue weighted by Crippen LogP contribution is -2.31. The van der Waals surface area contributed by atoms with Crippen molar-refractivity contribution in [2.24, 2.45) is 5.73 Å². The SMILES string of the molecule is Cc1cccc(C(N)=O)c1CC(O)(c1ccccc1)c1ccccc1. The lowest BCUT2D eigenvalue weighted by molar-refractivity contribution is 0.0804. The van der Waals surface area contributed by atoms with Crippen LogP contribution >= 0.6 is 0 Å². The minimum atomic E-state index is -1.25. The molecule has 0 fully saturated rings. The van der Waals surface area contributed by atoms with Crippen LogP contribution in [0.3, 0.4) is 0 Å². The van der Waals surface area contributed by atoms with Gasteiger partial charge >= 0.3 is 0 Å². The minimum Gasteiger partial charge on any atom is -0.380 e. The van der Waals surface area contributed by atoms with Crippen molar-refractivity contribution < 1.29 is 9.90 Å². The summed E-state index contributed by atoms with van der Waals surface area (Å²) in [4.78, 5) is 11.9. The Morgan fingerprint density at radius 2 is 1.40 bits per heavy atom.